The molecule has 2 aliphatic heterocycles. The van der Waals surface area contributed by atoms with Crippen molar-refractivity contribution in [1.82, 2.24) is 0 Å². The maximum Gasteiger partial charge on any atom is 0.163 e. The van der Waals surface area contributed by atoms with Gasteiger partial charge in [0.05, 0.1) is 25.4 Å². The van der Waals surface area contributed by atoms with Gasteiger partial charge in [0.1, 0.15) is 5.78 Å². The van der Waals surface area contributed by atoms with E-state index in [4.69, 9.17) is 18.9 Å². The van der Waals surface area contributed by atoms with E-state index in [-0.39, 0.29) is 12.2 Å². The molecular weight excluding hydrogens is 332 g/mol. The minimum absolute atomic E-state index is 0.0930. The number of rotatable bonds is 8. The number of hydrogen-bond acceptors (Lipinski definition) is 5. The standard InChI is InChI=1S/C21H38O5/c1-14(18-13-24-20(4,5)25-18)8-10-17(22)11-9-15(2)19-16(3)12-23-21(6,7)26-19/h14-16,18-19H,8-13H2,1-7H3/t14-,15+,16-,18+,19-/m1/s1. The topological polar surface area (TPSA) is 54.0 Å². The minimum atomic E-state index is -0.526. The van der Waals surface area contributed by atoms with Gasteiger partial charge in [-0.3, -0.25) is 4.79 Å². The molecule has 0 N–H and O–H groups in total. The Bertz CT molecular complexity index is 473. The average molecular weight is 371 g/mol. The maximum absolute atomic E-state index is 12.3. The first-order chi connectivity index (χ1) is 12.0. The molecule has 0 unspecified atom stereocenters. The second-order valence-corrected chi connectivity index (χ2v) is 9.21. The van der Waals surface area contributed by atoms with Crippen LogP contribution >= 0.6 is 0 Å². The summed E-state index contributed by atoms with van der Waals surface area (Å²) in [5.74, 6) is 0.353. The Morgan fingerprint density at radius 1 is 0.923 bits per heavy atom. The van der Waals surface area contributed by atoms with Crippen molar-refractivity contribution < 1.29 is 23.7 Å². The fourth-order valence-electron chi connectivity index (χ4n) is 3.83. The quantitative estimate of drug-likeness (QED) is 0.637. The van der Waals surface area contributed by atoms with Crippen LogP contribution in [0.15, 0.2) is 0 Å². The number of carbonyl (C=O) groups excluding carboxylic acids is 1. The van der Waals surface area contributed by atoms with Gasteiger partial charge in [0.25, 0.3) is 0 Å². The molecule has 5 atom stereocenters. The molecule has 0 bridgehead atoms. The van der Waals surface area contributed by atoms with E-state index in [1.165, 1.54) is 0 Å². The lowest BCUT2D eigenvalue weighted by atomic mass is 9.87. The molecule has 2 aliphatic rings. The summed E-state index contributed by atoms with van der Waals surface area (Å²) in [6.45, 7) is 15.6. The van der Waals surface area contributed by atoms with E-state index in [0.717, 1.165) is 12.8 Å². The van der Waals surface area contributed by atoms with Gasteiger partial charge in [-0.25, -0.2) is 0 Å². The third kappa shape index (κ3) is 6.29. The van der Waals surface area contributed by atoms with Crippen molar-refractivity contribution in [1.29, 1.82) is 0 Å². The zero-order valence-electron chi connectivity index (χ0n) is 17.7. The number of hydrogen-bond donors (Lipinski definition) is 0. The van der Waals surface area contributed by atoms with E-state index in [1.54, 1.807) is 0 Å². The molecule has 5 heteroatoms. The first-order valence-corrected chi connectivity index (χ1v) is 10.1. The number of carbonyl (C=O) groups is 1. The summed E-state index contributed by atoms with van der Waals surface area (Å²) in [6, 6.07) is 0. The lowest BCUT2D eigenvalue weighted by Gasteiger charge is -2.42. The first kappa shape index (κ1) is 21.8. The van der Waals surface area contributed by atoms with Gasteiger partial charge in [0.2, 0.25) is 0 Å². The molecule has 0 aromatic carbocycles. The zero-order valence-corrected chi connectivity index (χ0v) is 17.7. The molecule has 0 amide bonds. The van der Waals surface area contributed by atoms with Crippen LogP contribution in [0, 0.1) is 17.8 Å². The SMILES string of the molecule is C[C@@H]1COC(C)(C)O[C@@H]1[C@@H](C)CCC(=O)CC[C@@H](C)[C@@H]1COC(C)(C)O1. The number of ether oxygens (including phenoxy) is 4. The summed E-state index contributed by atoms with van der Waals surface area (Å²) >= 11 is 0. The van der Waals surface area contributed by atoms with E-state index in [1.807, 2.05) is 27.7 Å². The van der Waals surface area contributed by atoms with Crippen molar-refractivity contribution >= 4 is 5.78 Å². The summed E-state index contributed by atoms with van der Waals surface area (Å²) in [4.78, 5) is 12.3. The maximum atomic E-state index is 12.3. The number of ketones is 1. The normalized spacial score (nSPS) is 33.0. The third-order valence-corrected chi connectivity index (χ3v) is 5.66. The molecule has 152 valence electrons. The Morgan fingerprint density at radius 2 is 1.46 bits per heavy atom. The highest BCUT2D eigenvalue weighted by molar-refractivity contribution is 5.78. The summed E-state index contributed by atoms with van der Waals surface area (Å²) in [6.07, 6.45) is 3.20. The third-order valence-electron chi connectivity index (χ3n) is 5.66. The first-order valence-electron chi connectivity index (χ1n) is 10.1. The van der Waals surface area contributed by atoms with Crippen molar-refractivity contribution in [2.24, 2.45) is 17.8 Å². The van der Waals surface area contributed by atoms with E-state index in [9.17, 15) is 4.79 Å². The lowest BCUT2D eigenvalue weighted by molar-refractivity contribution is -0.299. The fraction of sp³-hybridized carbons (Fsp3) is 0.952. The zero-order chi connectivity index (χ0) is 19.5. The van der Waals surface area contributed by atoms with Crippen molar-refractivity contribution in [3.8, 4) is 0 Å². The van der Waals surface area contributed by atoms with Crippen molar-refractivity contribution in [3.05, 3.63) is 0 Å². The lowest BCUT2D eigenvalue weighted by Crippen LogP contribution is -2.47. The predicted octanol–water partition coefficient (Wildman–Crippen LogP) is 4.33. The Morgan fingerprint density at radius 3 is 2.04 bits per heavy atom. The van der Waals surface area contributed by atoms with Crippen molar-refractivity contribution in [3.63, 3.8) is 0 Å². The van der Waals surface area contributed by atoms with Crippen molar-refractivity contribution in [2.45, 2.75) is 97.9 Å². The van der Waals surface area contributed by atoms with Gasteiger partial charge >= 0.3 is 0 Å². The molecule has 0 aromatic rings. The molecule has 2 fully saturated rings. The molecule has 26 heavy (non-hydrogen) atoms. The van der Waals surface area contributed by atoms with Gasteiger partial charge in [-0.15, -0.1) is 0 Å². The molecule has 2 heterocycles. The van der Waals surface area contributed by atoms with Gasteiger partial charge in [0.15, 0.2) is 11.6 Å². The van der Waals surface area contributed by atoms with E-state index in [2.05, 4.69) is 20.8 Å². The summed E-state index contributed by atoms with van der Waals surface area (Å²) < 4.78 is 23.3. The monoisotopic (exact) mass is 370 g/mol. The average Bonchev–Trinajstić information content (AvgIpc) is 2.92. The van der Waals surface area contributed by atoms with Gasteiger partial charge in [-0.1, -0.05) is 20.8 Å². The van der Waals surface area contributed by atoms with Crippen LogP contribution < -0.4 is 0 Å². The Hall–Kier alpha value is -0.490. The predicted molar refractivity (Wildman–Crippen MR) is 101 cm³/mol. The minimum Gasteiger partial charge on any atom is -0.350 e. The van der Waals surface area contributed by atoms with Crippen LogP contribution in [0.1, 0.15) is 74.1 Å². The summed E-state index contributed by atoms with van der Waals surface area (Å²) in [5.41, 5.74) is 0. The van der Waals surface area contributed by atoms with Gasteiger partial charge in [-0.2, -0.15) is 0 Å². The van der Waals surface area contributed by atoms with E-state index in [0.29, 0.717) is 49.6 Å². The van der Waals surface area contributed by atoms with E-state index < -0.39 is 11.6 Å². The van der Waals surface area contributed by atoms with Crippen LogP contribution in [-0.4, -0.2) is 42.8 Å². The van der Waals surface area contributed by atoms with Crippen LogP contribution in [0.25, 0.3) is 0 Å². The van der Waals surface area contributed by atoms with E-state index >= 15 is 0 Å². The molecule has 2 rings (SSSR count). The van der Waals surface area contributed by atoms with Crippen LogP contribution in [-0.2, 0) is 23.7 Å². The highest BCUT2D eigenvalue weighted by atomic mass is 16.7. The Labute approximate surface area is 159 Å². The summed E-state index contributed by atoms with van der Waals surface area (Å²) in [7, 11) is 0. The summed E-state index contributed by atoms with van der Waals surface area (Å²) in [5, 5.41) is 0. The smallest absolute Gasteiger partial charge is 0.163 e. The molecule has 2 saturated heterocycles. The fourth-order valence-corrected chi connectivity index (χ4v) is 3.83. The molecular formula is C21H38O5. The highest BCUT2D eigenvalue weighted by Gasteiger charge is 2.37. The van der Waals surface area contributed by atoms with Crippen LogP contribution in [0.4, 0.5) is 0 Å². The number of Topliss-reactive ketones (excluding diaryl/α,β-unsaturated/α-hetero) is 1. The molecule has 0 saturated carbocycles. The second-order valence-electron chi connectivity index (χ2n) is 9.21. The highest BCUT2D eigenvalue weighted by Crippen LogP contribution is 2.32. The van der Waals surface area contributed by atoms with Crippen molar-refractivity contribution in [2.75, 3.05) is 13.2 Å². The Kier molecular flexibility index (Phi) is 7.28. The van der Waals surface area contributed by atoms with Gasteiger partial charge in [-0.05, 0) is 52.4 Å². The van der Waals surface area contributed by atoms with Gasteiger partial charge < -0.3 is 18.9 Å². The second kappa shape index (κ2) is 8.68. The Balaban J connectivity index is 1.69. The largest absolute Gasteiger partial charge is 0.350 e. The van der Waals surface area contributed by atoms with Crippen LogP contribution in [0.5, 0.6) is 0 Å². The van der Waals surface area contributed by atoms with Gasteiger partial charge in [0, 0.05) is 18.8 Å². The molecule has 5 nitrogen and oxygen atoms in total. The van der Waals surface area contributed by atoms with Crippen LogP contribution in [0.3, 0.4) is 0 Å². The molecule has 0 spiro atoms. The molecule has 0 aromatic heterocycles. The molecule has 0 aliphatic carbocycles. The molecule has 0 radical (unpaired) electrons. The van der Waals surface area contributed by atoms with Crippen LogP contribution in [0.2, 0.25) is 0 Å².